The number of likely N-dealkylation sites (N-methyl/N-ethyl adjacent to an activating group) is 1. The van der Waals surface area contributed by atoms with Crippen molar-refractivity contribution in [2.75, 3.05) is 25.5 Å². The Labute approximate surface area is 219 Å². The Morgan fingerprint density at radius 1 is 0.947 bits per heavy atom. The van der Waals surface area contributed by atoms with E-state index in [0.29, 0.717) is 23.4 Å². The van der Waals surface area contributed by atoms with Gasteiger partial charge in [-0.2, -0.15) is 5.10 Å². The van der Waals surface area contributed by atoms with Crippen molar-refractivity contribution >= 4 is 22.5 Å². The number of hydrogen-bond donors (Lipinski definition) is 1. The highest BCUT2D eigenvalue weighted by atomic mass is 16.2. The predicted molar refractivity (Wildman–Crippen MR) is 149 cm³/mol. The lowest BCUT2D eigenvalue weighted by atomic mass is 10.1. The molecule has 9 heteroatoms. The van der Waals surface area contributed by atoms with Crippen LogP contribution in [-0.4, -0.2) is 48.9 Å². The molecule has 0 saturated carbocycles. The van der Waals surface area contributed by atoms with E-state index in [1.54, 1.807) is 22.5 Å². The van der Waals surface area contributed by atoms with Gasteiger partial charge in [0.1, 0.15) is 11.2 Å². The monoisotopic (exact) mass is 507 g/mol. The first-order valence-electron chi connectivity index (χ1n) is 12.7. The molecule has 1 atom stereocenters. The highest BCUT2D eigenvalue weighted by molar-refractivity contribution is 5.89. The third-order valence-corrected chi connectivity index (χ3v) is 7.19. The Kier molecular flexibility index (Phi) is 6.13. The quantitative estimate of drug-likeness (QED) is 0.378. The fourth-order valence-electron chi connectivity index (χ4n) is 5.16. The van der Waals surface area contributed by atoms with Gasteiger partial charge in [-0.15, -0.1) is 0 Å². The summed E-state index contributed by atoms with van der Waals surface area (Å²) >= 11 is 0. The van der Waals surface area contributed by atoms with Gasteiger partial charge in [-0.25, -0.2) is 9.48 Å². The van der Waals surface area contributed by atoms with Crippen LogP contribution in [0.2, 0.25) is 0 Å². The first-order valence-corrected chi connectivity index (χ1v) is 12.7. The molecule has 3 aromatic heterocycles. The topological polar surface area (TPSA) is 90.0 Å². The maximum absolute atomic E-state index is 13.5. The number of hydrogen-bond acceptors (Lipinski definition) is 6. The van der Waals surface area contributed by atoms with Crippen LogP contribution >= 0.6 is 0 Å². The number of aromatic nitrogens is 5. The van der Waals surface area contributed by atoms with Crippen molar-refractivity contribution in [1.29, 1.82) is 0 Å². The van der Waals surface area contributed by atoms with Crippen molar-refractivity contribution < 1.29 is 0 Å². The van der Waals surface area contributed by atoms with Crippen LogP contribution in [0, 0.1) is 0 Å². The summed E-state index contributed by atoms with van der Waals surface area (Å²) in [4.78, 5) is 33.5. The highest BCUT2D eigenvalue weighted by Gasteiger charge is 2.28. The molecule has 38 heavy (non-hydrogen) atoms. The van der Waals surface area contributed by atoms with Gasteiger partial charge < -0.3 is 10.2 Å². The van der Waals surface area contributed by atoms with E-state index in [2.05, 4.69) is 15.2 Å². The Balaban J connectivity index is 1.49. The molecule has 1 saturated heterocycles. The molecule has 5 aromatic rings. The van der Waals surface area contributed by atoms with Crippen LogP contribution in [0.15, 0.2) is 88.6 Å². The predicted octanol–water partition coefficient (Wildman–Crippen LogP) is 3.63. The average Bonchev–Trinajstić information content (AvgIpc) is 3.52. The minimum absolute atomic E-state index is 0.0487. The normalized spacial score (nSPS) is 15.8. The number of pyridine rings is 1. The zero-order chi connectivity index (χ0) is 26.2. The minimum Gasteiger partial charge on any atom is -0.340 e. The van der Waals surface area contributed by atoms with Gasteiger partial charge >= 0.3 is 5.69 Å². The Morgan fingerprint density at radius 3 is 2.39 bits per heavy atom. The summed E-state index contributed by atoms with van der Waals surface area (Å²) in [7, 11) is 3.58. The molecule has 9 nitrogen and oxygen atoms in total. The smallest absolute Gasteiger partial charge is 0.332 e. The molecule has 192 valence electrons. The minimum atomic E-state index is -0.359. The van der Waals surface area contributed by atoms with Crippen LogP contribution in [0.5, 0.6) is 0 Å². The van der Waals surface area contributed by atoms with Gasteiger partial charge in [-0.05, 0) is 49.8 Å². The van der Waals surface area contributed by atoms with Gasteiger partial charge in [-0.1, -0.05) is 48.5 Å². The van der Waals surface area contributed by atoms with Gasteiger partial charge in [0.15, 0.2) is 5.65 Å². The number of fused-ring (bicyclic) bond motifs is 1. The van der Waals surface area contributed by atoms with Gasteiger partial charge in [0, 0.05) is 31.0 Å². The molecule has 2 aromatic carbocycles. The van der Waals surface area contributed by atoms with E-state index in [4.69, 9.17) is 5.10 Å². The van der Waals surface area contributed by atoms with Crippen molar-refractivity contribution in [3.63, 3.8) is 0 Å². The number of nitrogens with one attached hydrogen (secondary N) is 1. The van der Waals surface area contributed by atoms with Crippen LogP contribution < -0.4 is 16.6 Å². The summed E-state index contributed by atoms with van der Waals surface area (Å²) in [6, 6.07) is 23.6. The van der Waals surface area contributed by atoms with Crippen LogP contribution in [0.25, 0.3) is 22.3 Å². The lowest BCUT2D eigenvalue weighted by Gasteiger charge is -2.15. The molecule has 0 amide bonds. The van der Waals surface area contributed by atoms with Crippen molar-refractivity contribution in [3.05, 3.63) is 105 Å². The molecule has 1 N–H and O–H groups in total. The molecule has 0 aliphatic carbocycles. The van der Waals surface area contributed by atoms with E-state index in [9.17, 15) is 9.59 Å². The standard InChI is InChI=1S/C29H29N7O2/c1-33-17-15-23(19-33)36-27-25(28(37)34(2)29(36)38)26(31-22-8-4-3-5-9-22)35(32-27)18-20-11-13-21(14-12-20)24-10-6-7-16-30-24/h3-14,16,23,31H,15,17-19H2,1-2H3. The third-order valence-electron chi connectivity index (χ3n) is 7.19. The SMILES string of the molecule is CN1CCC(n2c(=O)n(C)c(=O)c3c(Nc4ccccc4)n(Cc4ccc(-c5ccccn5)cc4)nc32)C1. The Hall–Kier alpha value is -4.50. The van der Waals surface area contributed by atoms with Crippen molar-refractivity contribution in [3.8, 4) is 11.3 Å². The van der Waals surface area contributed by atoms with Crippen LogP contribution in [0.3, 0.4) is 0 Å². The molecule has 0 spiro atoms. The molecule has 1 aliphatic heterocycles. The maximum Gasteiger partial charge on any atom is 0.332 e. The number of likely N-dealkylation sites (tertiary alicyclic amines) is 1. The van der Waals surface area contributed by atoms with Gasteiger partial charge in [0.05, 0.1) is 18.3 Å². The zero-order valence-corrected chi connectivity index (χ0v) is 21.4. The molecular weight excluding hydrogens is 478 g/mol. The van der Waals surface area contributed by atoms with Gasteiger partial charge in [0.2, 0.25) is 0 Å². The Morgan fingerprint density at radius 2 is 1.71 bits per heavy atom. The van der Waals surface area contributed by atoms with Gasteiger partial charge in [-0.3, -0.25) is 18.9 Å². The maximum atomic E-state index is 13.5. The fraction of sp³-hybridized carbons (Fsp3) is 0.241. The second-order valence-electron chi connectivity index (χ2n) is 9.83. The number of anilines is 2. The van der Waals surface area contributed by atoms with E-state index in [-0.39, 0.29) is 17.3 Å². The van der Waals surface area contributed by atoms with E-state index in [1.807, 2.05) is 79.8 Å². The molecule has 1 unspecified atom stereocenters. The van der Waals surface area contributed by atoms with Crippen molar-refractivity contribution in [2.45, 2.75) is 19.0 Å². The van der Waals surface area contributed by atoms with E-state index in [1.165, 1.54) is 4.57 Å². The summed E-state index contributed by atoms with van der Waals surface area (Å²) in [5.74, 6) is 0.570. The first kappa shape index (κ1) is 23.9. The largest absolute Gasteiger partial charge is 0.340 e. The molecule has 6 rings (SSSR count). The lowest BCUT2D eigenvalue weighted by Crippen LogP contribution is -2.40. The molecule has 1 aliphatic rings. The second kappa shape index (κ2) is 9.75. The van der Waals surface area contributed by atoms with Crippen LogP contribution in [0.1, 0.15) is 18.0 Å². The molecular formula is C29H29N7O2. The summed E-state index contributed by atoms with van der Waals surface area (Å²) < 4.78 is 4.70. The summed E-state index contributed by atoms with van der Waals surface area (Å²) in [6.07, 6.45) is 2.61. The molecule has 0 radical (unpaired) electrons. The van der Waals surface area contributed by atoms with E-state index in [0.717, 1.165) is 42.0 Å². The van der Waals surface area contributed by atoms with Crippen molar-refractivity contribution in [2.24, 2.45) is 7.05 Å². The number of benzene rings is 2. The molecule has 0 bridgehead atoms. The second-order valence-corrected chi connectivity index (χ2v) is 9.83. The molecule has 1 fully saturated rings. The van der Waals surface area contributed by atoms with E-state index >= 15 is 0 Å². The highest BCUT2D eigenvalue weighted by Crippen LogP contribution is 2.28. The first-order chi connectivity index (χ1) is 18.5. The van der Waals surface area contributed by atoms with Crippen LogP contribution in [-0.2, 0) is 13.6 Å². The number of para-hydroxylation sites is 1. The van der Waals surface area contributed by atoms with E-state index < -0.39 is 0 Å². The van der Waals surface area contributed by atoms with Crippen molar-refractivity contribution in [1.82, 2.24) is 28.8 Å². The lowest BCUT2D eigenvalue weighted by molar-refractivity contribution is 0.388. The fourth-order valence-corrected chi connectivity index (χ4v) is 5.16. The summed E-state index contributed by atoms with van der Waals surface area (Å²) in [5, 5.41) is 8.72. The average molecular weight is 508 g/mol. The number of rotatable bonds is 6. The summed E-state index contributed by atoms with van der Waals surface area (Å²) in [5.41, 5.74) is 3.50. The zero-order valence-electron chi connectivity index (χ0n) is 21.4. The molecule has 4 heterocycles. The third kappa shape index (κ3) is 4.31. The summed E-state index contributed by atoms with van der Waals surface area (Å²) in [6.45, 7) is 2.05. The number of nitrogens with zero attached hydrogens (tertiary/aromatic N) is 6. The van der Waals surface area contributed by atoms with Crippen LogP contribution in [0.4, 0.5) is 11.5 Å². The van der Waals surface area contributed by atoms with Gasteiger partial charge in [0.25, 0.3) is 5.56 Å². The Bertz CT molecular complexity index is 1700.